The van der Waals surface area contributed by atoms with Crippen molar-refractivity contribution in [3.05, 3.63) is 23.9 Å². The third-order valence-corrected chi connectivity index (χ3v) is 4.69. The van der Waals surface area contributed by atoms with Gasteiger partial charge in [-0.25, -0.2) is 9.78 Å². The van der Waals surface area contributed by atoms with Crippen molar-refractivity contribution in [1.29, 1.82) is 0 Å². The fourth-order valence-corrected chi connectivity index (χ4v) is 3.78. The molecule has 138 valence electrons. The van der Waals surface area contributed by atoms with Gasteiger partial charge in [-0.1, -0.05) is 0 Å². The van der Waals surface area contributed by atoms with Crippen LogP contribution >= 0.6 is 0 Å². The number of hydrogen-bond acceptors (Lipinski definition) is 5. The van der Waals surface area contributed by atoms with Gasteiger partial charge in [0.15, 0.2) is 0 Å². The van der Waals surface area contributed by atoms with E-state index in [9.17, 15) is 4.79 Å². The molecule has 1 amide bonds. The van der Waals surface area contributed by atoms with E-state index in [1.807, 2.05) is 37.8 Å². The Labute approximate surface area is 149 Å². The van der Waals surface area contributed by atoms with E-state index < -0.39 is 5.60 Å². The fourth-order valence-electron chi connectivity index (χ4n) is 3.78. The number of ether oxygens (including phenoxy) is 3. The first-order valence-corrected chi connectivity index (χ1v) is 8.97. The zero-order valence-electron chi connectivity index (χ0n) is 15.5. The standard InChI is InChI=1S/C19H28N2O4/c1-19(2,3)25-18(22)21-14-5-6-15(21)11-16(10-14)24-17-9-13(12-23-4)7-8-20-17/h7-9,14-16H,5-6,10-12H2,1-4H3/t14-,15+,16?. The Kier molecular flexibility index (Phi) is 5.18. The number of fused-ring (bicyclic) bond motifs is 2. The molecule has 2 aliphatic heterocycles. The Morgan fingerprint density at radius 1 is 1.28 bits per heavy atom. The molecule has 0 spiro atoms. The van der Waals surface area contributed by atoms with Gasteiger partial charge in [0.05, 0.1) is 6.61 Å². The summed E-state index contributed by atoms with van der Waals surface area (Å²) in [6.07, 6.45) is 5.31. The highest BCUT2D eigenvalue weighted by Crippen LogP contribution is 2.38. The molecule has 1 unspecified atom stereocenters. The normalized spacial score (nSPS) is 25.8. The molecule has 3 atom stereocenters. The predicted molar refractivity (Wildman–Crippen MR) is 93.5 cm³/mol. The van der Waals surface area contributed by atoms with Gasteiger partial charge in [0.1, 0.15) is 11.7 Å². The van der Waals surface area contributed by atoms with E-state index in [2.05, 4.69) is 4.98 Å². The molecule has 1 aromatic rings. The number of nitrogens with zero attached hydrogens (tertiary/aromatic N) is 2. The van der Waals surface area contributed by atoms with Crippen LogP contribution in [0.4, 0.5) is 4.79 Å². The minimum absolute atomic E-state index is 0.0847. The summed E-state index contributed by atoms with van der Waals surface area (Å²) in [5.74, 6) is 0.629. The molecule has 6 nitrogen and oxygen atoms in total. The fraction of sp³-hybridized carbons (Fsp3) is 0.684. The molecule has 0 radical (unpaired) electrons. The van der Waals surface area contributed by atoms with Crippen molar-refractivity contribution in [2.24, 2.45) is 0 Å². The van der Waals surface area contributed by atoms with Crippen molar-refractivity contribution >= 4 is 6.09 Å². The average Bonchev–Trinajstić information content (AvgIpc) is 2.78. The topological polar surface area (TPSA) is 60.9 Å². The number of carbonyl (C=O) groups is 1. The van der Waals surface area contributed by atoms with Crippen LogP contribution < -0.4 is 4.74 Å². The maximum atomic E-state index is 12.5. The number of piperidine rings is 1. The highest BCUT2D eigenvalue weighted by atomic mass is 16.6. The van der Waals surface area contributed by atoms with Crippen LogP contribution in [-0.4, -0.2) is 46.9 Å². The largest absolute Gasteiger partial charge is 0.474 e. The summed E-state index contributed by atoms with van der Waals surface area (Å²) < 4.78 is 16.8. The highest BCUT2D eigenvalue weighted by molar-refractivity contribution is 5.69. The van der Waals surface area contributed by atoms with Crippen molar-refractivity contribution in [2.45, 2.75) is 76.9 Å². The number of rotatable bonds is 4. The van der Waals surface area contributed by atoms with Crippen LogP contribution in [0, 0.1) is 0 Å². The van der Waals surface area contributed by atoms with Gasteiger partial charge in [-0.15, -0.1) is 0 Å². The molecule has 0 aromatic carbocycles. The third kappa shape index (κ3) is 4.42. The molecule has 3 heterocycles. The van der Waals surface area contributed by atoms with Gasteiger partial charge >= 0.3 is 6.09 Å². The molecular formula is C19H28N2O4. The van der Waals surface area contributed by atoms with Crippen molar-refractivity contribution in [3.8, 4) is 5.88 Å². The lowest BCUT2D eigenvalue weighted by Crippen LogP contribution is -2.50. The van der Waals surface area contributed by atoms with Crippen LogP contribution in [0.15, 0.2) is 18.3 Å². The molecule has 0 N–H and O–H groups in total. The van der Waals surface area contributed by atoms with E-state index in [1.165, 1.54) is 0 Å². The maximum Gasteiger partial charge on any atom is 0.410 e. The van der Waals surface area contributed by atoms with Crippen LogP contribution in [0.1, 0.15) is 52.0 Å². The van der Waals surface area contributed by atoms with Crippen LogP contribution in [0.3, 0.4) is 0 Å². The number of amides is 1. The van der Waals surface area contributed by atoms with Gasteiger partial charge in [-0.2, -0.15) is 0 Å². The summed E-state index contributed by atoms with van der Waals surface area (Å²) in [6.45, 7) is 6.26. The van der Waals surface area contributed by atoms with Gasteiger partial charge < -0.3 is 19.1 Å². The number of pyridine rings is 1. The number of hydrogen-bond donors (Lipinski definition) is 0. The van der Waals surface area contributed by atoms with E-state index >= 15 is 0 Å². The van der Waals surface area contributed by atoms with Crippen LogP contribution in [0.2, 0.25) is 0 Å². The molecule has 25 heavy (non-hydrogen) atoms. The zero-order chi connectivity index (χ0) is 18.0. The van der Waals surface area contributed by atoms with Crippen molar-refractivity contribution < 1.29 is 19.0 Å². The average molecular weight is 348 g/mol. The Bertz CT molecular complexity index is 600. The zero-order valence-corrected chi connectivity index (χ0v) is 15.5. The van der Waals surface area contributed by atoms with E-state index in [0.29, 0.717) is 12.5 Å². The third-order valence-electron chi connectivity index (χ3n) is 4.69. The molecule has 3 rings (SSSR count). The molecular weight excluding hydrogens is 320 g/mol. The molecule has 0 saturated carbocycles. The number of carbonyl (C=O) groups excluding carboxylic acids is 1. The minimum atomic E-state index is -0.463. The molecule has 0 aliphatic carbocycles. The summed E-state index contributed by atoms with van der Waals surface area (Å²) in [5, 5.41) is 0. The second-order valence-corrected chi connectivity index (χ2v) is 7.92. The van der Waals surface area contributed by atoms with Crippen LogP contribution in [0.5, 0.6) is 5.88 Å². The van der Waals surface area contributed by atoms with Gasteiger partial charge in [0.2, 0.25) is 5.88 Å². The summed E-state index contributed by atoms with van der Waals surface area (Å²) in [5.41, 5.74) is 0.580. The smallest absolute Gasteiger partial charge is 0.410 e. The second kappa shape index (κ2) is 7.20. The number of aromatic nitrogens is 1. The lowest BCUT2D eigenvalue weighted by atomic mass is 10.0. The molecule has 2 bridgehead atoms. The molecule has 2 saturated heterocycles. The highest BCUT2D eigenvalue weighted by Gasteiger charge is 2.45. The molecule has 2 aliphatic rings. The quantitative estimate of drug-likeness (QED) is 0.833. The van der Waals surface area contributed by atoms with Gasteiger partial charge in [0, 0.05) is 44.3 Å². The van der Waals surface area contributed by atoms with Gasteiger partial charge in [-0.05, 0) is 45.2 Å². The van der Waals surface area contributed by atoms with Crippen LogP contribution in [0.25, 0.3) is 0 Å². The van der Waals surface area contributed by atoms with Gasteiger partial charge in [0.25, 0.3) is 0 Å². The SMILES string of the molecule is COCc1ccnc(OC2C[C@H]3CC[C@@H](C2)N3C(=O)OC(C)(C)C)c1. The van der Waals surface area contributed by atoms with Crippen LogP contribution in [-0.2, 0) is 16.1 Å². The molecule has 1 aromatic heterocycles. The lowest BCUT2D eigenvalue weighted by Gasteiger charge is -2.39. The summed E-state index contributed by atoms with van der Waals surface area (Å²) in [4.78, 5) is 18.7. The van der Waals surface area contributed by atoms with E-state index in [-0.39, 0.29) is 24.3 Å². The Hall–Kier alpha value is -1.82. The first kappa shape index (κ1) is 18.0. The monoisotopic (exact) mass is 348 g/mol. The Morgan fingerprint density at radius 3 is 2.56 bits per heavy atom. The molecule has 6 heteroatoms. The lowest BCUT2D eigenvalue weighted by molar-refractivity contribution is -0.00761. The Morgan fingerprint density at radius 2 is 1.96 bits per heavy atom. The van der Waals surface area contributed by atoms with Crippen molar-refractivity contribution in [1.82, 2.24) is 9.88 Å². The number of methoxy groups -OCH3 is 1. The van der Waals surface area contributed by atoms with Gasteiger partial charge in [-0.3, -0.25) is 0 Å². The minimum Gasteiger partial charge on any atom is -0.474 e. The predicted octanol–water partition coefficient (Wildman–Crippen LogP) is 3.54. The second-order valence-electron chi connectivity index (χ2n) is 7.92. The van der Waals surface area contributed by atoms with Crippen molar-refractivity contribution in [2.75, 3.05) is 7.11 Å². The van der Waals surface area contributed by atoms with E-state index in [0.717, 1.165) is 31.2 Å². The first-order valence-electron chi connectivity index (χ1n) is 8.97. The molecule has 2 fully saturated rings. The first-order chi connectivity index (χ1) is 11.9. The Balaban J connectivity index is 1.62. The van der Waals surface area contributed by atoms with E-state index in [1.54, 1.807) is 13.3 Å². The van der Waals surface area contributed by atoms with E-state index in [4.69, 9.17) is 14.2 Å². The van der Waals surface area contributed by atoms with Crippen molar-refractivity contribution in [3.63, 3.8) is 0 Å². The summed E-state index contributed by atoms with van der Waals surface area (Å²) >= 11 is 0. The summed E-state index contributed by atoms with van der Waals surface area (Å²) in [6, 6.07) is 4.23. The summed E-state index contributed by atoms with van der Waals surface area (Å²) in [7, 11) is 1.67. The maximum absolute atomic E-state index is 12.5.